The van der Waals surface area contributed by atoms with Gasteiger partial charge in [-0.1, -0.05) is 17.3 Å². The van der Waals surface area contributed by atoms with Gasteiger partial charge in [0.15, 0.2) is 5.69 Å². The molecular weight excluding hydrogens is 316 g/mol. The highest BCUT2D eigenvalue weighted by Gasteiger charge is 2.45. The van der Waals surface area contributed by atoms with Crippen LogP contribution < -0.4 is 4.74 Å². The number of carbonyl (C=O) groups excluding carboxylic acids is 1. The third kappa shape index (κ3) is 3.52. The van der Waals surface area contributed by atoms with Gasteiger partial charge in [0.25, 0.3) is 5.91 Å². The molecule has 0 radical (unpaired) electrons. The Kier molecular flexibility index (Phi) is 4.19. The van der Waals surface area contributed by atoms with Crippen LogP contribution in [-0.2, 0) is 6.54 Å². The third-order valence-corrected chi connectivity index (χ3v) is 5.24. The molecule has 6 nitrogen and oxygen atoms in total. The Morgan fingerprint density at radius 3 is 2.44 bits per heavy atom. The van der Waals surface area contributed by atoms with Crippen LogP contribution >= 0.6 is 0 Å². The molecular formula is C19H24N4O2. The highest BCUT2D eigenvalue weighted by atomic mass is 16.5. The molecule has 132 valence electrons. The molecule has 1 aromatic heterocycles. The molecule has 0 N–H and O–H groups in total. The zero-order valence-electron chi connectivity index (χ0n) is 14.8. The van der Waals surface area contributed by atoms with Crippen LogP contribution in [-0.4, -0.2) is 46.0 Å². The van der Waals surface area contributed by atoms with E-state index in [1.807, 2.05) is 36.2 Å². The summed E-state index contributed by atoms with van der Waals surface area (Å²) in [4.78, 5) is 14.7. The summed E-state index contributed by atoms with van der Waals surface area (Å²) in [6, 6.07) is 8.21. The molecule has 0 spiro atoms. The lowest BCUT2D eigenvalue weighted by molar-refractivity contribution is 0.0684. The highest BCUT2D eigenvalue weighted by molar-refractivity contribution is 5.92. The Balaban J connectivity index is 1.43. The number of methoxy groups -OCH3 is 1. The molecule has 2 aromatic rings. The van der Waals surface area contributed by atoms with E-state index in [-0.39, 0.29) is 5.91 Å². The average molecular weight is 340 g/mol. The molecule has 0 atom stereocenters. The van der Waals surface area contributed by atoms with Crippen LogP contribution in [0.2, 0.25) is 0 Å². The molecule has 25 heavy (non-hydrogen) atoms. The van der Waals surface area contributed by atoms with Crippen LogP contribution in [0.4, 0.5) is 0 Å². The van der Waals surface area contributed by atoms with Gasteiger partial charge in [-0.25, -0.2) is 4.68 Å². The monoisotopic (exact) mass is 340 g/mol. The van der Waals surface area contributed by atoms with Crippen molar-refractivity contribution in [2.45, 2.75) is 38.3 Å². The van der Waals surface area contributed by atoms with Crippen LogP contribution in [0.1, 0.15) is 41.7 Å². The van der Waals surface area contributed by atoms with E-state index in [9.17, 15) is 4.79 Å². The maximum Gasteiger partial charge on any atom is 0.276 e. The molecule has 0 unspecified atom stereocenters. The number of aromatic nitrogens is 3. The van der Waals surface area contributed by atoms with E-state index in [1.54, 1.807) is 18.0 Å². The zero-order chi connectivity index (χ0) is 17.4. The second kappa shape index (κ2) is 6.50. The van der Waals surface area contributed by atoms with Gasteiger partial charge in [-0.2, -0.15) is 0 Å². The molecule has 1 amide bonds. The summed E-state index contributed by atoms with van der Waals surface area (Å²) in [5, 5.41) is 8.23. The Hall–Kier alpha value is -2.37. The molecule has 6 heteroatoms. The van der Waals surface area contributed by atoms with Crippen molar-refractivity contribution in [3.63, 3.8) is 0 Å². The van der Waals surface area contributed by atoms with E-state index in [4.69, 9.17) is 4.74 Å². The second-order valence-electron chi connectivity index (χ2n) is 7.23. The topological polar surface area (TPSA) is 60.2 Å². The molecule has 4 rings (SSSR count). The van der Waals surface area contributed by atoms with Gasteiger partial charge in [0.2, 0.25) is 0 Å². The Morgan fingerprint density at radius 1 is 1.24 bits per heavy atom. The van der Waals surface area contributed by atoms with Gasteiger partial charge in [-0.15, -0.1) is 5.10 Å². The number of hydrogen-bond donors (Lipinski definition) is 0. The molecule has 2 saturated carbocycles. The molecule has 1 heterocycles. The summed E-state index contributed by atoms with van der Waals surface area (Å²) in [7, 11) is 3.57. The number of amides is 1. The highest BCUT2D eigenvalue weighted by Crippen LogP contribution is 2.47. The van der Waals surface area contributed by atoms with Gasteiger partial charge in [0.1, 0.15) is 5.75 Å². The van der Waals surface area contributed by atoms with Crippen molar-refractivity contribution in [1.29, 1.82) is 0 Å². The molecule has 0 bridgehead atoms. The normalized spacial score (nSPS) is 16.9. The van der Waals surface area contributed by atoms with E-state index in [2.05, 4.69) is 10.3 Å². The Labute approximate surface area is 147 Å². The minimum atomic E-state index is -0.00946. The van der Waals surface area contributed by atoms with E-state index in [0.717, 1.165) is 11.3 Å². The first kappa shape index (κ1) is 16.1. The lowest BCUT2D eigenvalue weighted by atomic mass is 10.1. The van der Waals surface area contributed by atoms with Crippen LogP contribution in [0.5, 0.6) is 5.75 Å². The summed E-state index contributed by atoms with van der Waals surface area (Å²) < 4.78 is 6.88. The van der Waals surface area contributed by atoms with Crippen molar-refractivity contribution in [3.8, 4) is 5.75 Å². The van der Waals surface area contributed by atoms with Crippen molar-refractivity contribution >= 4 is 5.91 Å². The van der Waals surface area contributed by atoms with Crippen LogP contribution in [0.15, 0.2) is 30.5 Å². The first-order valence-electron chi connectivity index (χ1n) is 8.96. The van der Waals surface area contributed by atoms with Crippen molar-refractivity contribution in [2.75, 3.05) is 14.2 Å². The molecule has 1 aromatic carbocycles. The first-order valence-corrected chi connectivity index (χ1v) is 8.96. The van der Waals surface area contributed by atoms with Gasteiger partial charge in [-0.05, 0) is 55.2 Å². The van der Waals surface area contributed by atoms with E-state index >= 15 is 0 Å². The number of rotatable bonds is 7. The van der Waals surface area contributed by atoms with E-state index in [1.165, 1.54) is 25.7 Å². The zero-order valence-corrected chi connectivity index (χ0v) is 14.8. The predicted octanol–water partition coefficient (Wildman–Crippen LogP) is 2.60. The number of benzene rings is 1. The second-order valence-corrected chi connectivity index (χ2v) is 7.23. The third-order valence-electron chi connectivity index (χ3n) is 5.24. The van der Waals surface area contributed by atoms with Gasteiger partial charge >= 0.3 is 0 Å². The minimum Gasteiger partial charge on any atom is -0.497 e. The van der Waals surface area contributed by atoms with Crippen LogP contribution in [0.25, 0.3) is 0 Å². The van der Waals surface area contributed by atoms with Crippen molar-refractivity contribution in [1.82, 2.24) is 19.9 Å². The van der Waals surface area contributed by atoms with Gasteiger partial charge in [-0.3, -0.25) is 4.79 Å². The smallest absolute Gasteiger partial charge is 0.276 e. The molecule has 0 aliphatic heterocycles. The predicted molar refractivity (Wildman–Crippen MR) is 93.4 cm³/mol. The lowest BCUT2D eigenvalue weighted by Gasteiger charge is -2.27. The molecule has 2 fully saturated rings. The summed E-state index contributed by atoms with van der Waals surface area (Å²) in [5.74, 6) is 2.20. The lowest BCUT2D eigenvalue weighted by Crippen LogP contribution is -2.40. The maximum atomic E-state index is 12.8. The number of nitrogens with zero attached hydrogens (tertiary/aromatic N) is 4. The SMILES string of the molecule is COc1ccc(Cn2cc(C(=O)N(C)C(C3CC3)C3CC3)nn2)cc1. The van der Waals surface area contributed by atoms with Crippen LogP contribution in [0.3, 0.4) is 0 Å². The quantitative estimate of drug-likeness (QED) is 0.777. The fraction of sp³-hybridized carbons (Fsp3) is 0.526. The van der Waals surface area contributed by atoms with Gasteiger partial charge in [0.05, 0.1) is 19.9 Å². The molecule has 0 saturated heterocycles. The van der Waals surface area contributed by atoms with E-state index < -0.39 is 0 Å². The standard InChI is InChI=1S/C19H24N4O2/c1-22(18(14-5-6-14)15-7-8-15)19(24)17-12-23(21-20-17)11-13-3-9-16(25-2)10-4-13/h3-4,9-10,12,14-15,18H,5-8,11H2,1-2H3. The average Bonchev–Trinajstić information content (AvgIpc) is 3.56. The van der Waals surface area contributed by atoms with Crippen molar-refractivity contribution in [2.24, 2.45) is 11.8 Å². The maximum absolute atomic E-state index is 12.8. The fourth-order valence-corrected chi connectivity index (χ4v) is 3.60. The first-order chi connectivity index (χ1) is 12.2. The van der Waals surface area contributed by atoms with E-state index in [0.29, 0.717) is 30.1 Å². The van der Waals surface area contributed by atoms with Gasteiger partial charge < -0.3 is 9.64 Å². The van der Waals surface area contributed by atoms with Gasteiger partial charge in [0, 0.05) is 13.1 Å². The van der Waals surface area contributed by atoms with Crippen molar-refractivity contribution in [3.05, 3.63) is 41.7 Å². The number of hydrogen-bond acceptors (Lipinski definition) is 4. The Morgan fingerprint density at radius 2 is 1.88 bits per heavy atom. The largest absolute Gasteiger partial charge is 0.497 e. The fourth-order valence-electron chi connectivity index (χ4n) is 3.60. The number of carbonyl (C=O) groups is 1. The van der Waals surface area contributed by atoms with Crippen LogP contribution in [0, 0.1) is 11.8 Å². The Bertz CT molecular complexity index is 735. The molecule has 2 aliphatic rings. The summed E-state index contributed by atoms with van der Waals surface area (Å²) in [5.41, 5.74) is 1.52. The summed E-state index contributed by atoms with van der Waals surface area (Å²) in [6.45, 7) is 0.586. The van der Waals surface area contributed by atoms with Crippen molar-refractivity contribution < 1.29 is 9.53 Å². The summed E-state index contributed by atoms with van der Waals surface area (Å²) >= 11 is 0. The summed E-state index contributed by atoms with van der Waals surface area (Å²) in [6.07, 6.45) is 6.76. The number of ether oxygens (including phenoxy) is 1. The molecule has 2 aliphatic carbocycles. The minimum absolute atomic E-state index is 0.00946.